The van der Waals surface area contributed by atoms with E-state index in [-0.39, 0.29) is 0 Å². The summed E-state index contributed by atoms with van der Waals surface area (Å²) in [6.45, 7) is 1.98. The molecule has 4 heteroatoms. The average Bonchev–Trinajstić information content (AvgIpc) is 2.53. The van der Waals surface area contributed by atoms with Gasteiger partial charge in [0.2, 0.25) is 0 Å². The summed E-state index contributed by atoms with van der Waals surface area (Å²) in [5, 5.41) is 7.81. The van der Waals surface area contributed by atoms with Crippen LogP contribution >= 0.6 is 22.6 Å². The highest BCUT2D eigenvalue weighted by Crippen LogP contribution is 2.11. The third-order valence-corrected chi connectivity index (χ3v) is 2.51. The molecule has 0 aliphatic rings. The van der Waals surface area contributed by atoms with Crippen molar-refractivity contribution in [2.45, 2.75) is 6.92 Å². The molecule has 0 radical (unpaired) electrons. The Morgan fingerprint density at radius 3 is 2.46 bits per heavy atom. The third-order valence-electron chi connectivity index (χ3n) is 1.79. The number of aryl methyl sites for hydroxylation is 1. The van der Waals surface area contributed by atoms with Gasteiger partial charge >= 0.3 is 0 Å². The molecule has 0 saturated carbocycles. The summed E-state index contributed by atoms with van der Waals surface area (Å²) >= 11 is 2.28. The van der Waals surface area contributed by atoms with E-state index < -0.39 is 0 Å². The van der Waals surface area contributed by atoms with E-state index >= 15 is 0 Å². The molecule has 0 saturated heterocycles. The molecule has 0 spiro atoms. The lowest BCUT2D eigenvalue weighted by atomic mass is 10.3. The van der Waals surface area contributed by atoms with Crippen LogP contribution in [0, 0.1) is 10.5 Å². The fraction of sp³-hybridized carbons (Fsp3) is 0.111. The van der Waals surface area contributed by atoms with E-state index in [0.717, 1.165) is 11.4 Å². The minimum atomic E-state index is 1.04. The summed E-state index contributed by atoms with van der Waals surface area (Å²) in [6.07, 6.45) is 1.75. The highest BCUT2D eigenvalue weighted by molar-refractivity contribution is 14.1. The van der Waals surface area contributed by atoms with Crippen molar-refractivity contribution in [3.05, 3.63) is 39.7 Å². The minimum absolute atomic E-state index is 1.04. The molecular weight excluding hydrogens is 277 g/mol. The van der Waals surface area contributed by atoms with Crippen molar-refractivity contribution in [1.82, 2.24) is 15.0 Å². The van der Waals surface area contributed by atoms with Gasteiger partial charge in [-0.3, -0.25) is 0 Å². The summed E-state index contributed by atoms with van der Waals surface area (Å²) in [6, 6.07) is 8.17. The van der Waals surface area contributed by atoms with Crippen molar-refractivity contribution < 1.29 is 0 Å². The van der Waals surface area contributed by atoms with E-state index in [2.05, 4.69) is 45.0 Å². The van der Waals surface area contributed by atoms with E-state index in [1.807, 2.05) is 23.7 Å². The van der Waals surface area contributed by atoms with Crippen LogP contribution in [-0.4, -0.2) is 15.0 Å². The maximum absolute atomic E-state index is 3.98. The molecule has 1 aromatic carbocycles. The van der Waals surface area contributed by atoms with Gasteiger partial charge in [-0.15, -0.1) is 5.10 Å². The van der Waals surface area contributed by atoms with Crippen molar-refractivity contribution in [3.8, 4) is 5.69 Å². The molecular formula is C9H8IN3. The first-order chi connectivity index (χ1) is 6.27. The summed E-state index contributed by atoms with van der Waals surface area (Å²) < 4.78 is 3.04. The van der Waals surface area contributed by atoms with E-state index in [9.17, 15) is 0 Å². The second kappa shape index (κ2) is 3.45. The Hall–Kier alpha value is -0.910. The zero-order chi connectivity index (χ0) is 9.26. The van der Waals surface area contributed by atoms with Crippen LogP contribution in [0.4, 0.5) is 0 Å². The maximum atomic E-state index is 3.98. The average molecular weight is 285 g/mol. The van der Waals surface area contributed by atoms with Gasteiger partial charge in [-0.2, -0.15) is 0 Å². The lowest BCUT2D eigenvalue weighted by Crippen LogP contribution is -1.98. The van der Waals surface area contributed by atoms with E-state index in [0.29, 0.717) is 0 Å². The Labute approximate surface area is 89.9 Å². The molecule has 0 bridgehead atoms. The molecule has 3 nitrogen and oxygen atoms in total. The van der Waals surface area contributed by atoms with Crippen LogP contribution in [0.15, 0.2) is 30.5 Å². The van der Waals surface area contributed by atoms with Crippen LogP contribution in [0.5, 0.6) is 0 Å². The molecule has 66 valence electrons. The van der Waals surface area contributed by atoms with E-state index in [1.165, 1.54) is 3.57 Å². The molecule has 0 fully saturated rings. The van der Waals surface area contributed by atoms with Crippen molar-refractivity contribution in [2.75, 3.05) is 0 Å². The summed E-state index contributed by atoms with van der Waals surface area (Å²) in [5.41, 5.74) is 2.09. The summed E-state index contributed by atoms with van der Waals surface area (Å²) in [5.74, 6) is 0. The molecule has 13 heavy (non-hydrogen) atoms. The molecule has 2 aromatic rings. The monoisotopic (exact) mass is 285 g/mol. The Bertz CT molecular complexity index is 405. The zero-order valence-corrected chi connectivity index (χ0v) is 9.26. The topological polar surface area (TPSA) is 30.7 Å². The van der Waals surface area contributed by atoms with Gasteiger partial charge in [0, 0.05) is 3.57 Å². The zero-order valence-electron chi connectivity index (χ0n) is 7.11. The second-order valence-corrected chi connectivity index (χ2v) is 4.01. The van der Waals surface area contributed by atoms with Crippen molar-refractivity contribution >= 4 is 22.6 Å². The fourth-order valence-electron chi connectivity index (χ4n) is 1.12. The second-order valence-electron chi connectivity index (χ2n) is 2.76. The van der Waals surface area contributed by atoms with Crippen molar-refractivity contribution in [2.24, 2.45) is 0 Å². The smallest absolute Gasteiger partial charge is 0.0726 e. The SMILES string of the molecule is Cc1cnnn1-c1ccc(I)cc1. The predicted octanol–water partition coefficient (Wildman–Crippen LogP) is 2.18. The quantitative estimate of drug-likeness (QED) is 0.752. The molecule has 1 aromatic heterocycles. The van der Waals surface area contributed by atoms with Crippen molar-refractivity contribution in [1.29, 1.82) is 0 Å². The van der Waals surface area contributed by atoms with Crippen molar-refractivity contribution in [3.63, 3.8) is 0 Å². The highest BCUT2D eigenvalue weighted by atomic mass is 127. The Balaban J connectivity index is 2.47. The van der Waals surface area contributed by atoms with Gasteiger partial charge in [-0.1, -0.05) is 5.21 Å². The third kappa shape index (κ3) is 1.72. The van der Waals surface area contributed by atoms with Gasteiger partial charge in [0.25, 0.3) is 0 Å². The van der Waals surface area contributed by atoms with Crippen LogP contribution < -0.4 is 0 Å². The van der Waals surface area contributed by atoms with Gasteiger partial charge in [0.1, 0.15) is 0 Å². The molecule has 0 unspecified atom stereocenters. The first kappa shape index (κ1) is 8.68. The lowest BCUT2D eigenvalue weighted by molar-refractivity contribution is 0.785. The van der Waals surface area contributed by atoms with Crippen LogP contribution in [0.2, 0.25) is 0 Å². The van der Waals surface area contributed by atoms with Crippen LogP contribution in [0.25, 0.3) is 5.69 Å². The summed E-state index contributed by atoms with van der Waals surface area (Å²) in [4.78, 5) is 0. The number of rotatable bonds is 1. The molecule has 0 atom stereocenters. The number of hydrogen-bond acceptors (Lipinski definition) is 2. The van der Waals surface area contributed by atoms with E-state index in [4.69, 9.17) is 0 Å². The lowest BCUT2D eigenvalue weighted by Gasteiger charge is -2.01. The molecule has 0 N–H and O–H groups in total. The molecule has 0 aliphatic carbocycles. The minimum Gasteiger partial charge on any atom is -0.218 e. The van der Waals surface area contributed by atoms with Gasteiger partial charge in [-0.25, -0.2) is 4.68 Å². The molecule has 2 rings (SSSR count). The molecule has 0 aliphatic heterocycles. The molecule has 1 heterocycles. The highest BCUT2D eigenvalue weighted by Gasteiger charge is 2.00. The first-order valence-corrected chi connectivity index (χ1v) is 4.98. The van der Waals surface area contributed by atoms with Gasteiger partial charge in [0.05, 0.1) is 17.6 Å². The number of benzene rings is 1. The van der Waals surface area contributed by atoms with E-state index in [1.54, 1.807) is 6.20 Å². The number of halogens is 1. The fourth-order valence-corrected chi connectivity index (χ4v) is 1.48. The predicted molar refractivity (Wildman–Crippen MR) is 58.8 cm³/mol. The first-order valence-electron chi connectivity index (χ1n) is 3.90. The Kier molecular flexibility index (Phi) is 2.30. The van der Waals surface area contributed by atoms with Crippen LogP contribution in [0.1, 0.15) is 5.69 Å². The standard InChI is InChI=1S/C9H8IN3/c1-7-6-11-12-13(7)9-4-2-8(10)3-5-9/h2-6H,1H3. The van der Waals surface area contributed by atoms with Gasteiger partial charge < -0.3 is 0 Å². The van der Waals surface area contributed by atoms with Gasteiger partial charge in [-0.05, 0) is 53.8 Å². The number of nitrogens with zero attached hydrogens (tertiary/aromatic N) is 3. The maximum Gasteiger partial charge on any atom is 0.0726 e. The van der Waals surface area contributed by atoms with Gasteiger partial charge in [0.15, 0.2) is 0 Å². The Morgan fingerprint density at radius 2 is 1.92 bits per heavy atom. The normalized spacial score (nSPS) is 10.3. The largest absolute Gasteiger partial charge is 0.218 e. The Morgan fingerprint density at radius 1 is 1.23 bits per heavy atom. The van der Waals surface area contributed by atoms with Crippen LogP contribution in [-0.2, 0) is 0 Å². The number of aromatic nitrogens is 3. The molecule has 0 amide bonds. The van der Waals surface area contributed by atoms with Crippen LogP contribution in [0.3, 0.4) is 0 Å². The summed E-state index contributed by atoms with van der Waals surface area (Å²) in [7, 11) is 0. The number of hydrogen-bond donors (Lipinski definition) is 0.